The molecule has 4 nitrogen and oxygen atoms in total. The van der Waals surface area contributed by atoms with Crippen LogP contribution in [0.15, 0.2) is 6.08 Å². The maximum Gasteiger partial charge on any atom is 0.436 e. The quantitative estimate of drug-likeness (QED) is 0.788. The van der Waals surface area contributed by atoms with Crippen molar-refractivity contribution in [1.82, 2.24) is 9.55 Å². The average molecular weight is 337 g/mol. The molecule has 0 fully saturated rings. The van der Waals surface area contributed by atoms with Crippen molar-refractivity contribution in [3.8, 4) is 0 Å². The van der Waals surface area contributed by atoms with Gasteiger partial charge in [0.2, 0.25) is 0 Å². The average Bonchev–Trinajstić information content (AvgIpc) is 2.76. The lowest BCUT2D eigenvalue weighted by Gasteiger charge is -2.20. The van der Waals surface area contributed by atoms with E-state index in [0.29, 0.717) is 31.4 Å². The minimum Gasteiger partial charge on any atom is -0.466 e. The van der Waals surface area contributed by atoms with Crippen molar-refractivity contribution >= 4 is 23.1 Å². The van der Waals surface area contributed by atoms with Crippen LogP contribution in [0, 0.1) is 5.92 Å². The molecular formula is C14H16ClF3N2O2. The maximum absolute atomic E-state index is 12.8. The summed E-state index contributed by atoms with van der Waals surface area (Å²) in [7, 11) is 1.44. The molecule has 0 spiro atoms. The molecule has 0 N–H and O–H groups in total. The van der Waals surface area contributed by atoms with Crippen molar-refractivity contribution in [2.45, 2.75) is 32.4 Å². The molecule has 1 aliphatic carbocycles. The van der Waals surface area contributed by atoms with E-state index in [1.807, 2.05) is 0 Å². The molecule has 22 heavy (non-hydrogen) atoms. The van der Waals surface area contributed by atoms with Crippen LogP contribution < -0.4 is 0 Å². The molecule has 1 aromatic heterocycles. The Morgan fingerprint density at radius 1 is 1.55 bits per heavy atom. The van der Waals surface area contributed by atoms with Crippen LogP contribution in [-0.4, -0.2) is 22.1 Å². The van der Waals surface area contributed by atoms with Gasteiger partial charge in [-0.3, -0.25) is 4.79 Å². The molecule has 122 valence electrons. The Morgan fingerprint density at radius 2 is 2.23 bits per heavy atom. The minimum absolute atomic E-state index is 0.194. The van der Waals surface area contributed by atoms with Crippen LogP contribution in [-0.2, 0) is 22.8 Å². The van der Waals surface area contributed by atoms with Crippen LogP contribution in [0.25, 0.3) is 5.57 Å². The van der Waals surface area contributed by atoms with Gasteiger partial charge in [-0.1, -0.05) is 17.7 Å². The highest BCUT2D eigenvalue weighted by atomic mass is 35.5. The van der Waals surface area contributed by atoms with Gasteiger partial charge >= 0.3 is 12.1 Å². The normalized spacial score (nSPS) is 19.0. The monoisotopic (exact) mass is 336 g/mol. The summed E-state index contributed by atoms with van der Waals surface area (Å²) in [6.07, 6.45) is -1.43. The fourth-order valence-corrected chi connectivity index (χ4v) is 2.69. The van der Waals surface area contributed by atoms with Gasteiger partial charge in [0.1, 0.15) is 11.0 Å². The van der Waals surface area contributed by atoms with Crippen molar-refractivity contribution < 1.29 is 22.7 Å². The lowest BCUT2D eigenvalue weighted by atomic mass is 9.89. The van der Waals surface area contributed by atoms with Crippen molar-refractivity contribution in [1.29, 1.82) is 0 Å². The molecule has 1 aliphatic rings. The molecule has 1 aromatic rings. The molecule has 0 amide bonds. The van der Waals surface area contributed by atoms with Gasteiger partial charge in [0.15, 0.2) is 5.69 Å². The predicted octanol–water partition coefficient (Wildman–Crippen LogP) is 3.84. The Bertz CT molecular complexity index is 608. The number of aromatic nitrogens is 2. The van der Waals surface area contributed by atoms with E-state index in [1.54, 1.807) is 13.0 Å². The van der Waals surface area contributed by atoms with E-state index in [0.717, 1.165) is 0 Å². The van der Waals surface area contributed by atoms with Crippen molar-refractivity contribution in [2.24, 2.45) is 13.0 Å². The van der Waals surface area contributed by atoms with Crippen LogP contribution in [0.1, 0.15) is 37.7 Å². The molecule has 0 aliphatic heterocycles. The van der Waals surface area contributed by atoms with Crippen LogP contribution in [0.4, 0.5) is 13.2 Å². The zero-order valence-corrected chi connectivity index (χ0v) is 13.0. The molecule has 2 rings (SSSR count). The number of halogens is 4. The fourth-order valence-electron chi connectivity index (χ4n) is 2.46. The lowest BCUT2D eigenvalue weighted by molar-refractivity contribution is -0.148. The number of hydrogen-bond acceptors (Lipinski definition) is 3. The number of carbonyl (C=O) groups is 1. The number of hydrogen-bond donors (Lipinski definition) is 0. The maximum atomic E-state index is 12.8. The van der Waals surface area contributed by atoms with Gasteiger partial charge in [-0.25, -0.2) is 4.98 Å². The minimum atomic E-state index is -4.59. The smallest absolute Gasteiger partial charge is 0.436 e. The molecule has 0 aromatic carbocycles. The number of rotatable bonds is 3. The zero-order chi connectivity index (χ0) is 16.5. The number of ether oxygens (including phenoxy) is 1. The highest BCUT2D eigenvalue weighted by Crippen LogP contribution is 2.37. The van der Waals surface area contributed by atoms with E-state index in [4.69, 9.17) is 16.3 Å². The number of allylic oxidation sites excluding steroid dienone is 2. The van der Waals surface area contributed by atoms with Crippen LogP contribution in [0.2, 0.25) is 5.15 Å². The number of imidazole rings is 1. The Hall–Kier alpha value is -1.50. The largest absolute Gasteiger partial charge is 0.466 e. The predicted molar refractivity (Wildman–Crippen MR) is 75.2 cm³/mol. The topological polar surface area (TPSA) is 44.1 Å². The molecule has 0 bridgehead atoms. The van der Waals surface area contributed by atoms with E-state index in [-0.39, 0.29) is 17.7 Å². The SMILES string of the molecule is CCOC(=O)C1CC=C(c2nc(C(F)(F)F)c(Cl)n2C)CC1. The Morgan fingerprint density at radius 3 is 2.68 bits per heavy atom. The molecule has 1 atom stereocenters. The number of esters is 1. The third-order valence-corrected chi connectivity index (χ3v) is 4.04. The molecule has 8 heteroatoms. The summed E-state index contributed by atoms with van der Waals surface area (Å²) in [6, 6.07) is 0. The fraction of sp³-hybridized carbons (Fsp3) is 0.571. The third kappa shape index (κ3) is 3.29. The van der Waals surface area contributed by atoms with Crippen LogP contribution >= 0.6 is 11.6 Å². The third-order valence-electron chi connectivity index (χ3n) is 3.61. The Kier molecular flexibility index (Phi) is 4.84. The summed E-state index contributed by atoms with van der Waals surface area (Å²) in [5, 5.41) is -0.434. The van der Waals surface area contributed by atoms with E-state index in [9.17, 15) is 18.0 Å². The first-order chi connectivity index (χ1) is 10.3. The summed E-state index contributed by atoms with van der Waals surface area (Å²) < 4.78 is 44.6. The van der Waals surface area contributed by atoms with Crippen molar-refractivity contribution in [2.75, 3.05) is 6.61 Å². The van der Waals surface area contributed by atoms with E-state index in [2.05, 4.69) is 4.98 Å². The summed E-state index contributed by atoms with van der Waals surface area (Å²) in [4.78, 5) is 15.3. The Balaban J connectivity index is 2.22. The van der Waals surface area contributed by atoms with Crippen LogP contribution in [0.3, 0.4) is 0 Å². The number of carbonyl (C=O) groups excluding carboxylic acids is 1. The van der Waals surface area contributed by atoms with Gasteiger partial charge in [0.05, 0.1) is 12.5 Å². The Labute approximate surface area is 130 Å². The van der Waals surface area contributed by atoms with Crippen LogP contribution in [0.5, 0.6) is 0 Å². The lowest BCUT2D eigenvalue weighted by Crippen LogP contribution is -2.20. The first-order valence-corrected chi connectivity index (χ1v) is 7.29. The van der Waals surface area contributed by atoms with Gasteiger partial charge in [0, 0.05) is 7.05 Å². The van der Waals surface area contributed by atoms with E-state index in [1.165, 1.54) is 11.6 Å². The molecule has 0 saturated heterocycles. The summed E-state index contributed by atoms with van der Waals surface area (Å²) in [5.41, 5.74) is -0.416. The van der Waals surface area contributed by atoms with Gasteiger partial charge in [-0.05, 0) is 31.8 Å². The second-order valence-electron chi connectivity index (χ2n) is 5.08. The standard InChI is InChI=1S/C14H16ClF3N2O2/c1-3-22-13(21)9-6-4-8(5-7-9)12-19-10(14(16,17)18)11(15)20(12)2/h4,9H,3,5-7H2,1-2H3. The zero-order valence-electron chi connectivity index (χ0n) is 12.2. The number of nitrogens with zero attached hydrogens (tertiary/aromatic N) is 2. The molecule has 0 saturated carbocycles. The molecule has 1 heterocycles. The van der Waals surface area contributed by atoms with E-state index < -0.39 is 17.0 Å². The second-order valence-corrected chi connectivity index (χ2v) is 5.44. The summed E-state index contributed by atoms with van der Waals surface area (Å²) in [6.45, 7) is 2.05. The molecular weight excluding hydrogens is 321 g/mol. The number of alkyl halides is 3. The summed E-state index contributed by atoms with van der Waals surface area (Å²) >= 11 is 5.72. The first kappa shape index (κ1) is 16.9. The molecule has 1 unspecified atom stereocenters. The van der Waals surface area contributed by atoms with Gasteiger partial charge in [-0.15, -0.1) is 0 Å². The highest BCUT2D eigenvalue weighted by Gasteiger charge is 2.38. The summed E-state index contributed by atoms with van der Waals surface area (Å²) in [5.74, 6) is -0.326. The van der Waals surface area contributed by atoms with Gasteiger partial charge < -0.3 is 9.30 Å². The van der Waals surface area contributed by atoms with Crippen molar-refractivity contribution in [3.05, 3.63) is 22.7 Å². The van der Waals surface area contributed by atoms with Gasteiger partial charge in [0.25, 0.3) is 0 Å². The van der Waals surface area contributed by atoms with Crippen molar-refractivity contribution in [3.63, 3.8) is 0 Å². The van der Waals surface area contributed by atoms with E-state index >= 15 is 0 Å². The second kappa shape index (κ2) is 6.32. The van der Waals surface area contributed by atoms with Gasteiger partial charge in [-0.2, -0.15) is 13.2 Å². The molecule has 0 radical (unpaired) electrons. The highest BCUT2D eigenvalue weighted by molar-refractivity contribution is 6.30. The first-order valence-electron chi connectivity index (χ1n) is 6.91.